The van der Waals surface area contributed by atoms with Gasteiger partial charge in [-0.1, -0.05) is 23.2 Å². The van der Waals surface area contributed by atoms with Gasteiger partial charge in [0.1, 0.15) is 5.75 Å². The van der Waals surface area contributed by atoms with Crippen molar-refractivity contribution in [3.63, 3.8) is 0 Å². The molecule has 0 bridgehead atoms. The molecule has 1 aromatic rings. The fourth-order valence-electron chi connectivity index (χ4n) is 2.18. The van der Waals surface area contributed by atoms with Crippen molar-refractivity contribution < 1.29 is 14.3 Å². The number of carbonyl (C=O) groups excluding carboxylic acids is 1. The molecule has 21 heavy (non-hydrogen) atoms. The van der Waals surface area contributed by atoms with Crippen LogP contribution < -0.4 is 15.8 Å². The summed E-state index contributed by atoms with van der Waals surface area (Å²) in [7, 11) is 0. The van der Waals surface area contributed by atoms with E-state index in [4.69, 9.17) is 38.4 Å². The highest BCUT2D eigenvalue weighted by molar-refractivity contribution is 6.35. The Hall–Kier alpha value is -1.01. The maximum atomic E-state index is 11.9. The zero-order chi connectivity index (χ0) is 15.2. The molecule has 0 saturated carbocycles. The van der Waals surface area contributed by atoms with E-state index in [9.17, 15) is 4.79 Å². The van der Waals surface area contributed by atoms with Crippen LogP contribution in [0.1, 0.15) is 18.4 Å². The Labute approximate surface area is 133 Å². The van der Waals surface area contributed by atoms with Crippen LogP contribution in [0.5, 0.6) is 5.75 Å². The van der Waals surface area contributed by atoms with Gasteiger partial charge in [-0.3, -0.25) is 4.79 Å². The summed E-state index contributed by atoms with van der Waals surface area (Å²) >= 11 is 12.0. The van der Waals surface area contributed by atoms with E-state index in [1.165, 1.54) is 0 Å². The summed E-state index contributed by atoms with van der Waals surface area (Å²) in [6, 6.07) is 3.39. The van der Waals surface area contributed by atoms with Crippen LogP contribution in [0.2, 0.25) is 10.0 Å². The topological polar surface area (TPSA) is 73.6 Å². The smallest absolute Gasteiger partial charge is 0.258 e. The van der Waals surface area contributed by atoms with Gasteiger partial charge in [0.05, 0.1) is 5.02 Å². The number of nitrogens with one attached hydrogen (secondary N) is 1. The molecular formula is C14H18Cl2N2O3. The Morgan fingerprint density at radius 1 is 1.38 bits per heavy atom. The Kier molecular flexibility index (Phi) is 6.11. The molecule has 116 valence electrons. The molecule has 0 atom stereocenters. The van der Waals surface area contributed by atoms with Crippen molar-refractivity contribution in [1.29, 1.82) is 0 Å². The fourth-order valence-corrected chi connectivity index (χ4v) is 2.77. The lowest BCUT2D eigenvalue weighted by Crippen LogP contribution is -2.41. The van der Waals surface area contributed by atoms with Crippen molar-refractivity contribution in [3.8, 4) is 5.75 Å². The van der Waals surface area contributed by atoms with Crippen LogP contribution in [0.4, 0.5) is 0 Å². The van der Waals surface area contributed by atoms with E-state index in [1.807, 2.05) is 0 Å². The number of rotatable bonds is 5. The van der Waals surface area contributed by atoms with Gasteiger partial charge in [-0.25, -0.2) is 0 Å². The van der Waals surface area contributed by atoms with E-state index in [0.717, 1.165) is 12.8 Å². The van der Waals surface area contributed by atoms with Crippen molar-refractivity contribution in [2.24, 2.45) is 5.73 Å². The van der Waals surface area contributed by atoms with Crippen LogP contribution in [-0.2, 0) is 16.1 Å². The van der Waals surface area contributed by atoms with Gasteiger partial charge >= 0.3 is 0 Å². The highest BCUT2D eigenvalue weighted by atomic mass is 35.5. The van der Waals surface area contributed by atoms with Gasteiger partial charge in [0.2, 0.25) is 0 Å². The zero-order valence-electron chi connectivity index (χ0n) is 11.5. The molecule has 0 unspecified atom stereocenters. The third-order valence-corrected chi connectivity index (χ3v) is 3.74. The first kappa shape index (κ1) is 16.4. The standard InChI is InChI=1S/C14H18Cl2N2O3/c15-10-5-9(7-17)14(12(16)6-10)21-8-13(19)18-11-1-3-20-4-2-11/h5-6,11H,1-4,7-8,17H2,(H,18,19). The SMILES string of the molecule is NCc1cc(Cl)cc(Cl)c1OCC(=O)NC1CCOCC1. The molecule has 5 nitrogen and oxygen atoms in total. The summed E-state index contributed by atoms with van der Waals surface area (Å²) in [4.78, 5) is 11.9. The second-order valence-corrected chi connectivity index (χ2v) is 5.67. The lowest BCUT2D eigenvalue weighted by Gasteiger charge is -2.23. The first-order valence-corrected chi connectivity index (χ1v) is 7.53. The molecule has 1 fully saturated rings. The number of nitrogens with two attached hydrogens (primary N) is 1. The summed E-state index contributed by atoms with van der Waals surface area (Å²) in [5.41, 5.74) is 6.31. The fraction of sp³-hybridized carbons (Fsp3) is 0.500. The van der Waals surface area contributed by atoms with Crippen LogP contribution in [0, 0.1) is 0 Å². The maximum Gasteiger partial charge on any atom is 0.258 e. The van der Waals surface area contributed by atoms with E-state index in [2.05, 4.69) is 5.32 Å². The predicted molar refractivity (Wildman–Crippen MR) is 81.8 cm³/mol. The van der Waals surface area contributed by atoms with Crippen LogP contribution in [0.25, 0.3) is 0 Å². The molecule has 0 aromatic heterocycles. The number of carbonyl (C=O) groups is 1. The maximum absolute atomic E-state index is 11.9. The van der Waals surface area contributed by atoms with Crippen LogP contribution in [0.15, 0.2) is 12.1 Å². The minimum Gasteiger partial charge on any atom is -0.482 e. The summed E-state index contributed by atoms with van der Waals surface area (Å²) in [5.74, 6) is 0.224. The Morgan fingerprint density at radius 2 is 2.10 bits per heavy atom. The molecule has 1 heterocycles. The van der Waals surface area contributed by atoms with Crippen LogP contribution in [0.3, 0.4) is 0 Å². The molecule has 1 aliphatic heterocycles. The number of benzene rings is 1. The van der Waals surface area contributed by atoms with E-state index in [0.29, 0.717) is 34.6 Å². The highest BCUT2D eigenvalue weighted by Gasteiger charge is 2.17. The average molecular weight is 333 g/mol. The van der Waals surface area contributed by atoms with Gasteiger partial charge in [-0.05, 0) is 25.0 Å². The van der Waals surface area contributed by atoms with Crippen LogP contribution >= 0.6 is 23.2 Å². The molecule has 2 rings (SSSR count). The van der Waals surface area contributed by atoms with Crippen molar-refractivity contribution in [2.45, 2.75) is 25.4 Å². The lowest BCUT2D eigenvalue weighted by molar-refractivity contribution is -0.124. The normalized spacial score (nSPS) is 15.8. The van der Waals surface area contributed by atoms with E-state index in [-0.39, 0.29) is 25.1 Å². The van der Waals surface area contributed by atoms with E-state index < -0.39 is 0 Å². The summed E-state index contributed by atoms with van der Waals surface area (Å²) < 4.78 is 10.7. The molecule has 1 aliphatic rings. The average Bonchev–Trinajstić information content (AvgIpc) is 2.46. The van der Waals surface area contributed by atoms with Gasteiger partial charge in [0.25, 0.3) is 5.91 Å². The Morgan fingerprint density at radius 3 is 2.76 bits per heavy atom. The second kappa shape index (κ2) is 7.84. The Balaban J connectivity index is 1.91. The molecular weight excluding hydrogens is 315 g/mol. The van der Waals surface area contributed by atoms with Gasteiger partial charge in [0, 0.05) is 36.4 Å². The summed E-state index contributed by atoms with van der Waals surface area (Å²) in [6.45, 7) is 1.47. The van der Waals surface area contributed by atoms with Gasteiger partial charge < -0.3 is 20.5 Å². The molecule has 0 radical (unpaired) electrons. The molecule has 1 saturated heterocycles. The minimum absolute atomic E-state index is 0.105. The lowest BCUT2D eigenvalue weighted by atomic mass is 10.1. The molecule has 1 aromatic carbocycles. The zero-order valence-corrected chi connectivity index (χ0v) is 13.0. The summed E-state index contributed by atoms with van der Waals surface area (Å²) in [6.07, 6.45) is 1.64. The third kappa shape index (κ3) is 4.74. The molecule has 0 spiro atoms. The number of halogens is 2. The van der Waals surface area contributed by atoms with Gasteiger partial charge in [0.15, 0.2) is 6.61 Å². The van der Waals surface area contributed by atoms with E-state index >= 15 is 0 Å². The van der Waals surface area contributed by atoms with E-state index in [1.54, 1.807) is 12.1 Å². The quantitative estimate of drug-likeness (QED) is 0.866. The van der Waals surface area contributed by atoms with Crippen molar-refractivity contribution in [1.82, 2.24) is 5.32 Å². The second-order valence-electron chi connectivity index (χ2n) is 4.82. The van der Waals surface area contributed by atoms with Gasteiger partial charge in [-0.2, -0.15) is 0 Å². The largest absolute Gasteiger partial charge is 0.482 e. The monoisotopic (exact) mass is 332 g/mol. The first-order chi connectivity index (χ1) is 10.1. The number of ether oxygens (including phenoxy) is 2. The third-order valence-electron chi connectivity index (χ3n) is 3.24. The van der Waals surface area contributed by atoms with Crippen molar-refractivity contribution in [3.05, 3.63) is 27.7 Å². The highest BCUT2D eigenvalue weighted by Crippen LogP contribution is 2.32. The number of amides is 1. The number of hydrogen-bond donors (Lipinski definition) is 2. The van der Waals surface area contributed by atoms with Crippen molar-refractivity contribution in [2.75, 3.05) is 19.8 Å². The Bertz CT molecular complexity index is 505. The molecule has 0 aliphatic carbocycles. The number of hydrogen-bond acceptors (Lipinski definition) is 4. The molecule has 7 heteroatoms. The summed E-state index contributed by atoms with van der Waals surface area (Å²) in [5, 5.41) is 3.75. The van der Waals surface area contributed by atoms with Crippen LogP contribution in [-0.4, -0.2) is 31.8 Å². The first-order valence-electron chi connectivity index (χ1n) is 6.78. The predicted octanol–water partition coefficient (Wildman–Crippen LogP) is 2.13. The van der Waals surface area contributed by atoms with Gasteiger partial charge in [-0.15, -0.1) is 0 Å². The molecule has 3 N–H and O–H groups in total. The van der Waals surface area contributed by atoms with Crippen molar-refractivity contribution >= 4 is 29.1 Å². The minimum atomic E-state index is -0.184. The molecule has 1 amide bonds.